The summed E-state index contributed by atoms with van der Waals surface area (Å²) < 4.78 is 5.49. The highest BCUT2D eigenvalue weighted by atomic mass is 16.5. The molecule has 0 radical (unpaired) electrons. The quantitative estimate of drug-likeness (QED) is 0.393. The lowest BCUT2D eigenvalue weighted by Gasteiger charge is -2.09. The van der Waals surface area contributed by atoms with Crippen molar-refractivity contribution in [3.05, 3.63) is 89.5 Å². The standard InChI is InChI=1S/C25H23NO2/c1-3-18(2)16-19-4-10-23(11-5-19)25(27)28-24-14-12-22(13-15-24)21-8-6-20(17-26)7-9-21/h4-15,18H,3,16H2,1-2H3/t18-/m1/s1. The van der Waals surface area contributed by atoms with Crippen LogP contribution in [0, 0.1) is 17.2 Å². The average molecular weight is 369 g/mol. The SMILES string of the molecule is CC[C@@H](C)Cc1ccc(C(=O)Oc2ccc(-c3ccc(C#N)cc3)cc2)cc1. The predicted molar refractivity (Wildman–Crippen MR) is 111 cm³/mol. The first-order valence-electron chi connectivity index (χ1n) is 9.50. The van der Waals surface area contributed by atoms with Gasteiger partial charge in [-0.05, 0) is 65.4 Å². The molecule has 0 saturated carbocycles. The third kappa shape index (κ3) is 4.86. The van der Waals surface area contributed by atoms with Crippen LogP contribution in [0.5, 0.6) is 5.75 Å². The molecule has 28 heavy (non-hydrogen) atoms. The van der Waals surface area contributed by atoms with Gasteiger partial charge in [0.2, 0.25) is 0 Å². The molecular formula is C25H23NO2. The molecule has 140 valence electrons. The lowest BCUT2D eigenvalue weighted by atomic mass is 9.98. The molecule has 0 aliphatic heterocycles. The minimum Gasteiger partial charge on any atom is -0.423 e. The van der Waals surface area contributed by atoms with Crippen molar-refractivity contribution in [3.63, 3.8) is 0 Å². The summed E-state index contributed by atoms with van der Waals surface area (Å²) in [6, 6.07) is 24.5. The van der Waals surface area contributed by atoms with E-state index in [4.69, 9.17) is 10.00 Å². The van der Waals surface area contributed by atoms with Crippen LogP contribution in [0.4, 0.5) is 0 Å². The van der Waals surface area contributed by atoms with Gasteiger partial charge in [-0.3, -0.25) is 0 Å². The Morgan fingerprint density at radius 1 is 0.929 bits per heavy atom. The smallest absolute Gasteiger partial charge is 0.343 e. The summed E-state index contributed by atoms with van der Waals surface area (Å²) in [7, 11) is 0. The third-order valence-corrected chi connectivity index (χ3v) is 4.88. The second-order valence-electron chi connectivity index (χ2n) is 7.02. The van der Waals surface area contributed by atoms with Crippen LogP contribution in [0.2, 0.25) is 0 Å². The maximum atomic E-state index is 12.4. The van der Waals surface area contributed by atoms with Crippen molar-refractivity contribution in [1.29, 1.82) is 5.26 Å². The monoisotopic (exact) mass is 369 g/mol. The van der Waals surface area contributed by atoms with E-state index in [2.05, 4.69) is 19.9 Å². The largest absolute Gasteiger partial charge is 0.423 e. The van der Waals surface area contributed by atoms with Gasteiger partial charge in [0.25, 0.3) is 0 Å². The van der Waals surface area contributed by atoms with Crippen molar-refractivity contribution >= 4 is 5.97 Å². The Bertz CT molecular complexity index is 965. The molecule has 0 heterocycles. The molecular weight excluding hydrogens is 346 g/mol. The number of carbonyl (C=O) groups is 1. The minimum absolute atomic E-state index is 0.360. The summed E-state index contributed by atoms with van der Waals surface area (Å²) in [6.45, 7) is 4.41. The van der Waals surface area contributed by atoms with E-state index in [0.717, 1.165) is 24.0 Å². The topological polar surface area (TPSA) is 50.1 Å². The first-order chi connectivity index (χ1) is 13.6. The summed E-state index contributed by atoms with van der Waals surface area (Å²) in [5.41, 5.74) is 4.42. The normalized spacial score (nSPS) is 11.5. The molecule has 0 aliphatic carbocycles. The van der Waals surface area contributed by atoms with Gasteiger partial charge in [0.1, 0.15) is 5.75 Å². The molecule has 3 nitrogen and oxygen atoms in total. The van der Waals surface area contributed by atoms with Crippen LogP contribution >= 0.6 is 0 Å². The molecule has 3 heteroatoms. The lowest BCUT2D eigenvalue weighted by molar-refractivity contribution is 0.0735. The molecule has 3 rings (SSSR count). The van der Waals surface area contributed by atoms with Gasteiger partial charge in [0.05, 0.1) is 17.2 Å². The van der Waals surface area contributed by atoms with Crippen LogP contribution in [0.1, 0.15) is 41.8 Å². The summed E-state index contributed by atoms with van der Waals surface area (Å²) in [5, 5.41) is 8.88. The maximum absolute atomic E-state index is 12.4. The van der Waals surface area contributed by atoms with Crippen LogP contribution in [0.15, 0.2) is 72.8 Å². The van der Waals surface area contributed by atoms with Crippen LogP contribution < -0.4 is 4.74 Å². The van der Waals surface area contributed by atoms with Gasteiger partial charge in [0.15, 0.2) is 0 Å². The molecule has 1 atom stereocenters. The summed E-state index contributed by atoms with van der Waals surface area (Å²) in [4.78, 5) is 12.4. The van der Waals surface area contributed by atoms with E-state index in [0.29, 0.717) is 22.8 Å². The fourth-order valence-electron chi connectivity index (χ4n) is 2.94. The molecule has 0 aliphatic rings. The molecule has 0 amide bonds. The fraction of sp³-hybridized carbons (Fsp3) is 0.200. The Labute approximate surface area is 166 Å². The van der Waals surface area contributed by atoms with E-state index >= 15 is 0 Å². The summed E-state index contributed by atoms with van der Waals surface area (Å²) in [5.74, 6) is 0.778. The van der Waals surface area contributed by atoms with Crippen LogP contribution in [-0.4, -0.2) is 5.97 Å². The highest BCUT2D eigenvalue weighted by molar-refractivity contribution is 5.91. The lowest BCUT2D eigenvalue weighted by Crippen LogP contribution is -2.08. The van der Waals surface area contributed by atoms with Crippen molar-refractivity contribution < 1.29 is 9.53 Å². The highest BCUT2D eigenvalue weighted by Crippen LogP contribution is 2.23. The van der Waals surface area contributed by atoms with Gasteiger partial charge in [-0.1, -0.05) is 56.7 Å². The Hall–Kier alpha value is -3.38. The van der Waals surface area contributed by atoms with Crippen molar-refractivity contribution in [3.8, 4) is 22.9 Å². The highest BCUT2D eigenvalue weighted by Gasteiger charge is 2.10. The zero-order valence-electron chi connectivity index (χ0n) is 16.2. The van der Waals surface area contributed by atoms with Gasteiger partial charge in [0, 0.05) is 0 Å². The van der Waals surface area contributed by atoms with E-state index < -0.39 is 0 Å². The molecule has 0 unspecified atom stereocenters. The first kappa shape index (κ1) is 19.4. The van der Waals surface area contributed by atoms with E-state index in [1.54, 1.807) is 24.3 Å². The molecule has 3 aromatic carbocycles. The third-order valence-electron chi connectivity index (χ3n) is 4.88. The molecule has 0 saturated heterocycles. The molecule has 0 bridgehead atoms. The molecule has 0 spiro atoms. The average Bonchev–Trinajstić information content (AvgIpc) is 2.74. The maximum Gasteiger partial charge on any atom is 0.343 e. The summed E-state index contributed by atoms with van der Waals surface area (Å²) >= 11 is 0. The Balaban J connectivity index is 1.64. The number of hydrogen-bond donors (Lipinski definition) is 0. The Morgan fingerprint density at radius 3 is 2.04 bits per heavy atom. The molecule has 0 fully saturated rings. The van der Waals surface area contributed by atoms with Crippen molar-refractivity contribution in [1.82, 2.24) is 0 Å². The number of rotatable bonds is 6. The molecule has 3 aromatic rings. The van der Waals surface area contributed by atoms with Crippen molar-refractivity contribution in [2.75, 3.05) is 0 Å². The summed E-state index contributed by atoms with van der Waals surface area (Å²) in [6.07, 6.45) is 2.16. The van der Waals surface area contributed by atoms with Crippen LogP contribution in [0.25, 0.3) is 11.1 Å². The van der Waals surface area contributed by atoms with E-state index in [1.165, 1.54) is 5.56 Å². The number of hydrogen-bond acceptors (Lipinski definition) is 3. The van der Waals surface area contributed by atoms with Crippen LogP contribution in [0.3, 0.4) is 0 Å². The number of ether oxygens (including phenoxy) is 1. The van der Waals surface area contributed by atoms with Gasteiger partial charge in [-0.25, -0.2) is 4.79 Å². The Morgan fingerprint density at radius 2 is 1.50 bits per heavy atom. The van der Waals surface area contributed by atoms with Crippen molar-refractivity contribution in [2.24, 2.45) is 5.92 Å². The molecule has 0 aromatic heterocycles. The second kappa shape index (κ2) is 9.01. The van der Waals surface area contributed by atoms with Crippen LogP contribution in [-0.2, 0) is 6.42 Å². The van der Waals surface area contributed by atoms with Gasteiger partial charge in [-0.2, -0.15) is 5.26 Å². The van der Waals surface area contributed by atoms with E-state index in [1.807, 2.05) is 48.5 Å². The predicted octanol–water partition coefficient (Wildman–Crippen LogP) is 6.03. The zero-order chi connectivity index (χ0) is 19.9. The Kier molecular flexibility index (Phi) is 6.24. The number of nitriles is 1. The van der Waals surface area contributed by atoms with Crippen molar-refractivity contribution in [2.45, 2.75) is 26.7 Å². The fourth-order valence-corrected chi connectivity index (χ4v) is 2.94. The van der Waals surface area contributed by atoms with Gasteiger partial charge >= 0.3 is 5.97 Å². The number of nitrogens with zero attached hydrogens (tertiary/aromatic N) is 1. The first-order valence-corrected chi connectivity index (χ1v) is 9.50. The molecule has 0 N–H and O–H groups in total. The second-order valence-corrected chi connectivity index (χ2v) is 7.02. The van der Waals surface area contributed by atoms with Gasteiger partial charge < -0.3 is 4.74 Å². The number of carbonyl (C=O) groups excluding carboxylic acids is 1. The van der Waals surface area contributed by atoms with Gasteiger partial charge in [-0.15, -0.1) is 0 Å². The number of esters is 1. The zero-order valence-corrected chi connectivity index (χ0v) is 16.2. The van der Waals surface area contributed by atoms with E-state index in [-0.39, 0.29) is 5.97 Å². The number of benzene rings is 3. The van der Waals surface area contributed by atoms with E-state index in [9.17, 15) is 4.79 Å². The minimum atomic E-state index is -0.360.